The molecule has 1 saturated heterocycles. The topological polar surface area (TPSA) is 43.8 Å². The average molecular weight is 515 g/mol. The van der Waals surface area contributed by atoms with Crippen LogP contribution in [-0.2, 0) is 11.8 Å². The molecule has 1 heterocycles. The smallest absolute Gasteiger partial charge is 0.385 e. The summed E-state index contributed by atoms with van der Waals surface area (Å²) in [7, 11) is 0. The number of aliphatic hydroxyl groups is 1. The summed E-state index contributed by atoms with van der Waals surface area (Å²) in [4.78, 5) is 16.9. The molecule has 0 spiro atoms. The fourth-order valence-electron chi connectivity index (χ4n) is 4.63. The molecule has 0 aliphatic carbocycles. The molecule has 9 heteroatoms. The van der Waals surface area contributed by atoms with E-state index in [0.717, 1.165) is 6.07 Å². The van der Waals surface area contributed by atoms with E-state index in [4.69, 9.17) is 11.6 Å². The lowest BCUT2D eigenvalue weighted by molar-refractivity contribution is -0.137. The van der Waals surface area contributed by atoms with Crippen molar-refractivity contribution in [3.63, 3.8) is 0 Å². The van der Waals surface area contributed by atoms with Gasteiger partial charge in [-0.2, -0.15) is 13.2 Å². The lowest BCUT2D eigenvalue weighted by atomic mass is 9.83. The van der Waals surface area contributed by atoms with Gasteiger partial charge in [0.05, 0.1) is 21.9 Å². The molecule has 1 aliphatic rings. The molecule has 1 fully saturated rings. The van der Waals surface area contributed by atoms with E-state index in [-0.39, 0.29) is 30.0 Å². The minimum absolute atomic E-state index is 0.0544. The number of ketones is 1. The quantitative estimate of drug-likeness (QED) is 0.315. The van der Waals surface area contributed by atoms with Crippen LogP contribution in [0.15, 0.2) is 36.4 Å². The first-order valence-corrected chi connectivity index (χ1v) is 12.3. The maximum Gasteiger partial charge on any atom is 0.417 e. The summed E-state index contributed by atoms with van der Waals surface area (Å²) in [6, 6.07) is 7.79. The molecule has 2 aromatic carbocycles. The average Bonchev–Trinajstić information content (AvgIpc) is 2.81. The third-order valence-corrected chi connectivity index (χ3v) is 7.06. The molecule has 0 bridgehead atoms. The highest BCUT2D eigenvalue weighted by Crippen LogP contribution is 2.40. The molecule has 1 aliphatic heterocycles. The maximum absolute atomic E-state index is 13.8. The second-order valence-electron chi connectivity index (χ2n) is 8.93. The lowest BCUT2D eigenvalue weighted by Crippen LogP contribution is -2.43. The van der Waals surface area contributed by atoms with E-state index >= 15 is 0 Å². The number of carbonyl (C=O) groups excluding carboxylic acids is 1. The zero-order chi connectivity index (χ0) is 25.8. The number of nitrogens with zero attached hydrogens (tertiary/aromatic N) is 2. The first-order chi connectivity index (χ1) is 16.5. The van der Waals surface area contributed by atoms with Crippen LogP contribution in [0.4, 0.5) is 23.2 Å². The van der Waals surface area contributed by atoms with Crippen LogP contribution in [0.1, 0.15) is 61.0 Å². The fraction of sp³-hybridized carbons (Fsp3) is 0.500. The Kier molecular flexibility index (Phi) is 8.83. The van der Waals surface area contributed by atoms with Gasteiger partial charge in [0.2, 0.25) is 0 Å². The number of carbonyl (C=O) groups is 1. The van der Waals surface area contributed by atoms with Crippen LogP contribution in [0.5, 0.6) is 0 Å². The Hall–Kier alpha value is -2.16. The number of rotatable bonds is 9. The van der Waals surface area contributed by atoms with Crippen LogP contribution in [0, 0.1) is 5.82 Å². The molecule has 0 atom stereocenters. The molecule has 1 N–H and O–H groups in total. The van der Waals surface area contributed by atoms with Crippen molar-refractivity contribution in [2.24, 2.45) is 0 Å². The summed E-state index contributed by atoms with van der Waals surface area (Å²) in [5.74, 6) is -0.437. The van der Waals surface area contributed by atoms with Crippen LogP contribution in [-0.4, -0.2) is 48.5 Å². The first-order valence-electron chi connectivity index (χ1n) is 11.9. The normalized spacial score (nSPS) is 16.3. The molecule has 0 radical (unpaired) electrons. The number of halogens is 5. The molecular formula is C26H31ClF4N2O2. The summed E-state index contributed by atoms with van der Waals surface area (Å²) >= 11 is 5.71. The number of anilines is 1. The van der Waals surface area contributed by atoms with Gasteiger partial charge in [0.15, 0.2) is 5.78 Å². The molecule has 0 aromatic heterocycles. The Morgan fingerprint density at radius 1 is 1.11 bits per heavy atom. The van der Waals surface area contributed by atoms with E-state index in [1.165, 1.54) is 30.3 Å². The van der Waals surface area contributed by atoms with Gasteiger partial charge in [-0.1, -0.05) is 17.7 Å². The van der Waals surface area contributed by atoms with E-state index < -0.39 is 22.4 Å². The van der Waals surface area contributed by atoms with Gasteiger partial charge in [-0.05, 0) is 75.5 Å². The van der Waals surface area contributed by atoms with Gasteiger partial charge in [0, 0.05) is 38.2 Å². The predicted octanol–water partition coefficient (Wildman–Crippen LogP) is 6.29. The van der Waals surface area contributed by atoms with Crippen molar-refractivity contribution in [2.75, 3.05) is 37.6 Å². The van der Waals surface area contributed by atoms with Crippen LogP contribution < -0.4 is 4.90 Å². The summed E-state index contributed by atoms with van der Waals surface area (Å²) in [6.07, 6.45) is -3.14. The van der Waals surface area contributed by atoms with Crippen molar-refractivity contribution < 1.29 is 27.5 Å². The van der Waals surface area contributed by atoms with Crippen LogP contribution in [0.25, 0.3) is 0 Å². The summed E-state index contributed by atoms with van der Waals surface area (Å²) < 4.78 is 53.4. The van der Waals surface area contributed by atoms with E-state index in [0.29, 0.717) is 56.8 Å². The van der Waals surface area contributed by atoms with Crippen LogP contribution in [0.2, 0.25) is 5.02 Å². The predicted molar refractivity (Wildman–Crippen MR) is 130 cm³/mol. The fourth-order valence-corrected chi connectivity index (χ4v) is 4.86. The molecule has 2 aromatic rings. The van der Waals surface area contributed by atoms with Gasteiger partial charge >= 0.3 is 6.18 Å². The Morgan fingerprint density at radius 2 is 1.77 bits per heavy atom. The van der Waals surface area contributed by atoms with Crippen molar-refractivity contribution in [2.45, 2.75) is 51.3 Å². The molecule has 0 amide bonds. The minimum atomic E-state index is -4.59. The SMILES string of the molecule is CCN(CC)c1cc(F)ccc1C(=O)CCCN1CCC(O)(c2ccc(Cl)c(C(F)(F)F)c2)CC1. The van der Waals surface area contributed by atoms with Gasteiger partial charge in [-0.25, -0.2) is 4.39 Å². The Balaban J connectivity index is 1.57. The first kappa shape index (κ1) is 27.4. The summed E-state index contributed by atoms with van der Waals surface area (Å²) in [5.41, 5.74) is -0.986. The van der Waals surface area contributed by atoms with Crippen LogP contribution >= 0.6 is 11.6 Å². The van der Waals surface area contributed by atoms with Gasteiger partial charge < -0.3 is 14.9 Å². The van der Waals surface area contributed by atoms with Gasteiger partial charge in [-0.15, -0.1) is 0 Å². The number of piperidine rings is 1. The molecule has 3 rings (SSSR count). The largest absolute Gasteiger partial charge is 0.417 e. The van der Waals surface area contributed by atoms with E-state index in [1.54, 1.807) is 0 Å². The Morgan fingerprint density at radius 3 is 2.37 bits per heavy atom. The third kappa shape index (κ3) is 6.54. The highest BCUT2D eigenvalue weighted by Gasteiger charge is 2.38. The Labute approximate surface area is 208 Å². The highest BCUT2D eigenvalue weighted by atomic mass is 35.5. The van der Waals surface area contributed by atoms with Crippen molar-refractivity contribution in [3.8, 4) is 0 Å². The summed E-state index contributed by atoms with van der Waals surface area (Å²) in [5, 5.41) is 10.6. The minimum Gasteiger partial charge on any atom is -0.385 e. The number of benzene rings is 2. The Bertz CT molecular complexity index is 1030. The van der Waals surface area contributed by atoms with Crippen molar-refractivity contribution in [1.82, 2.24) is 4.90 Å². The highest BCUT2D eigenvalue weighted by molar-refractivity contribution is 6.31. The lowest BCUT2D eigenvalue weighted by Gasteiger charge is -2.38. The number of likely N-dealkylation sites (tertiary alicyclic amines) is 1. The monoisotopic (exact) mass is 514 g/mol. The van der Waals surface area contributed by atoms with Gasteiger partial charge in [-0.3, -0.25) is 4.79 Å². The molecule has 0 unspecified atom stereocenters. The van der Waals surface area contributed by atoms with Crippen molar-refractivity contribution >= 4 is 23.1 Å². The number of alkyl halides is 3. The molecule has 192 valence electrons. The zero-order valence-electron chi connectivity index (χ0n) is 20.0. The van der Waals surface area contributed by atoms with Gasteiger partial charge in [0.25, 0.3) is 0 Å². The van der Waals surface area contributed by atoms with Crippen molar-refractivity contribution in [1.29, 1.82) is 0 Å². The molecule has 4 nitrogen and oxygen atoms in total. The van der Waals surface area contributed by atoms with E-state index in [2.05, 4.69) is 4.90 Å². The molecular weight excluding hydrogens is 484 g/mol. The van der Waals surface area contributed by atoms with E-state index in [9.17, 15) is 27.5 Å². The van der Waals surface area contributed by atoms with Crippen LogP contribution in [0.3, 0.4) is 0 Å². The second kappa shape index (κ2) is 11.3. The second-order valence-corrected chi connectivity index (χ2v) is 9.33. The third-order valence-electron chi connectivity index (χ3n) is 6.73. The molecule has 35 heavy (non-hydrogen) atoms. The number of hydrogen-bond donors (Lipinski definition) is 1. The zero-order valence-corrected chi connectivity index (χ0v) is 20.7. The number of hydrogen-bond acceptors (Lipinski definition) is 4. The maximum atomic E-state index is 13.8. The van der Waals surface area contributed by atoms with Gasteiger partial charge in [0.1, 0.15) is 5.82 Å². The number of Topliss-reactive ketones (excluding diaryl/α,β-unsaturated/α-hetero) is 1. The standard InChI is InChI=1S/C26H31ClF4N2O2/c1-3-33(4-2)23-17-19(28)8-9-20(23)24(34)6-5-13-32-14-11-25(35,12-15-32)18-7-10-22(27)21(16-18)26(29,30)31/h7-10,16-17,35H,3-6,11-15H2,1-2H3. The van der Waals surface area contributed by atoms with Crippen molar-refractivity contribution in [3.05, 3.63) is 63.9 Å². The molecule has 0 saturated carbocycles. The van der Waals surface area contributed by atoms with E-state index in [1.807, 2.05) is 18.7 Å². The summed E-state index contributed by atoms with van der Waals surface area (Å²) in [6.45, 7) is 6.84.